The average Bonchev–Trinajstić information content (AvgIpc) is 3.65. The van der Waals surface area contributed by atoms with Crippen molar-refractivity contribution in [3.05, 3.63) is 60.7 Å². The summed E-state index contributed by atoms with van der Waals surface area (Å²) in [5.74, 6) is -1.14. The zero-order chi connectivity index (χ0) is 28.8. The van der Waals surface area contributed by atoms with Gasteiger partial charge in [-0.15, -0.1) is 11.8 Å². The van der Waals surface area contributed by atoms with Crippen LogP contribution < -0.4 is 20.1 Å². The number of thioether (sulfide) groups is 1. The molecule has 9 nitrogen and oxygen atoms in total. The molecule has 0 radical (unpaired) electrons. The summed E-state index contributed by atoms with van der Waals surface area (Å²) in [5, 5.41) is 6.24. The second kappa shape index (κ2) is 11.0. The quantitative estimate of drug-likeness (QED) is 0.374. The lowest BCUT2D eigenvalue weighted by atomic mass is 9.74. The molecule has 2 saturated heterocycles. The lowest BCUT2D eigenvalue weighted by molar-refractivity contribution is -0.143. The van der Waals surface area contributed by atoms with Crippen LogP contribution in [0.25, 0.3) is 0 Å². The van der Waals surface area contributed by atoms with E-state index in [1.165, 1.54) is 0 Å². The van der Waals surface area contributed by atoms with Crippen LogP contribution in [0.15, 0.2) is 65.6 Å². The normalized spacial score (nSPS) is 31.2. The second-order valence-electron chi connectivity index (χ2n) is 11.8. The minimum atomic E-state index is -1.23. The molecular formula is C32H35N3O6S. The summed E-state index contributed by atoms with van der Waals surface area (Å²) in [5.41, 5.74) is -0.565. The number of benzene rings is 2. The standard InChI is InChI=1S/C32H35N3O6S/c1-42-22-11-7-10-20(16-22)34-29(36)26-25-14-15-32(41-25)27(26)31(38)35(28(32)30(37)33-19-8-3-2-4-9-19)17-21-18-39-23-12-5-6-13-24(23)40-21/h5-7,10-16,19,21,25-28H,2-4,8-9,17-18H2,1H3,(H,33,37)(H,34,36)/t21-,25-,26+,27-,28+,32-/m1/s1. The summed E-state index contributed by atoms with van der Waals surface area (Å²) in [7, 11) is 0. The summed E-state index contributed by atoms with van der Waals surface area (Å²) in [6.07, 6.45) is 9.72. The number of rotatable bonds is 7. The smallest absolute Gasteiger partial charge is 0.246 e. The van der Waals surface area contributed by atoms with Crippen LogP contribution in [0.4, 0.5) is 5.69 Å². The van der Waals surface area contributed by atoms with Gasteiger partial charge in [-0.2, -0.15) is 0 Å². The van der Waals surface area contributed by atoms with Crippen LogP contribution in [0.2, 0.25) is 0 Å². The van der Waals surface area contributed by atoms with E-state index in [1.807, 2.05) is 66.9 Å². The maximum absolute atomic E-state index is 14.3. The zero-order valence-electron chi connectivity index (χ0n) is 23.5. The van der Waals surface area contributed by atoms with Crippen LogP contribution in [0.5, 0.6) is 11.5 Å². The summed E-state index contributed by atoms with van der Waals surface area (Å²) in [4.78, 5) is 44.8. The van der Waals surface area contributed by atoms with Crippen LogP contribution in [0.3, 0.4) is 0 Å². The highest BCUT2D eigenvalue weighted by molar-refractivity contribution is 7.98. The molecule has 2 aromatic carbocycles. The zero-order valence-corrected chi connectivity index (χ0v) is 24.3. The molecule has 0 unspecified atom stereocenters. The molecule has 3 amide bonds. The van der Waals surface area contributed by atoms with Gasteiger partial charge in [0, 0.05) is 16.6 Å². The molecule has 2 N–H and O–H groups in total. The molecule has 42 heavy (non-hydrogen) atoms. The van der Waals surface area contributed by atoms with E-state index in [4.69, 9.17) is 14.2 Å². The van der Waals surface area contributed by atoms with Gasteiger partial charge in [0.1, 0.15) is 18.2 Å². The number of carbonyl (C=O) groups excluding carboxylic acids is 3. The third-order valence-corrected chi connectivity index (χ3v) is 9.91. The maximum atomic E-state index is 14.3. The molecule has 1 saturated carbocycles. The Balaban J connectivity index is 1.18. The highest BCUT2D eigenvalue weighted by Crippen LogP contribution is 2.55. The van der Waals surface area contributed by atoms with Crippen molar-refractivity contribution >= 4 is 35.2 Å². The molecule has 3 fully saturated rings. The number of nitrogens with zero attached hydrogens (tertiary/aromatic N) is 1. The second-order valence-corrected chi connectivity index (χ2v) is 12.6. The van der Waals surface area contributed by atoms with Crippen molar-refractivity contribution in [3.63, 3.8) is 0 Å². The molecule has 1 aliphatic carbocycles. The summed E-state index contributed by atoms with van der Waals surface area (Å²) in [6.45, 7) is 0.380. The molecule has 7 rings (SSSR count). The molecular weight excluding hydrogens is 554 g/mol. The number of hydrogen-bond donors (Lipinski definition) is 2. The molecule has 1 spiro atoms. The topological polar surface area (TPSA) is 106 Å². The van der Waals surface area contributed by atoms with Crippen LogP contribution in [0, 0.1) is 11.8 Å². The van der Waals surface area contributed by atoms with Gasteiger partial charge in [-0.1, -0.05) is 49.6 Å². The number of likely N-dealkylation sites (tertiary alicyclic amines) is 1. The van der Waals surface area contributed by atoms with Crippen LogP contribution >= 0.6 is 11.8 Å². The first-order valence-electron chi connectivity index (χ1n) is 14.8. The first-order valence-corrected chi connectivity index (χ1v) is 16.0. The van der Waals surface area contributed by atoms with Crippen molar-refractivity contribution in [2.24, 2.45) is 11.8 Å². The molecule has 10 heteroatoms. The third-order valence-electron chi connectivity index (χ3n) is 9.18. The van der Waals surface area contributed by atoms with Gasteiger partial charge in [-0.3, -0.25) is 14.4 Å². The predicted molar refractivity (Wildman–Crippen MR) is 157 cm³/mol. The molecule has 2 aromatic rings. The number of fused-ring (bicyclic) bond motifs is 2. The molecule has 220 valence electrons. The lowest BCUT2D eigenvalue weighted by Crippen LogP contribution is -2.58. The van der Waals surface area contributed by atoms with E-state index in [9.17, 15) is 14.4 Å². The minimum absolute atomic E-state index is 0.0604. The highest BCUT2D eigenvalue weighted by Gasteiger charge is 2.73. The highest BCUT2D eigenvalue weighted by atomic mass is 32.2. The first-order chi connectivity index (χ1) is 20.5. The number of nitrogens with one attached hydrogen (secondary N) is 2. The molecule has 2 bridgehead atoms. The van der Waals surface area contributed by atoms with Crippen molar-refractivity contribution in [1.82, 2.24) is 10.2 Å². The fourth-order valence-corrected chi connectivity index (χ4v) is 7.75. The predicted octanol–water partition coefficient (Wildman–Crippen LogP) is 3.79. The number of anilines is 1. The number of carbonyl (C=O) groups is 3. The Hall–Kier alpha value is -3.50. The Morgan fingerprint density at radius 3 is 2.67 bits per heavy atom. The molecule has 5 aliphatic rings. The Bertz CT molecular complexity index is 1430. The first kappa shape index (κ1) is 27.3. The number of hydrogen-bond acceptors (Lipinski definition) is 7. The van der Waals surface area contributed by atoms with Crippen molar-refractivity contribution in [2.75, 3.05) is 24.7 Å². The summed E-state index contributed by atoms with van der Waals surface area (Å²) in [6, 6.07) is 14.1. The molecule has 4 heterocycles. The molecule has 0 aromatic heterocycles. The van der Waals surface area contributed by atoms with Gasteiger partial charge < -0.3 is 29.7 Å². The van der Waals surface area contributed by atoms with Gasteiger partial charge in [-0.25, -0.2) is 0 Å². The third kappa shape index (κ3) is 4.65. The van der Waals surface area contributed by atoms with Crippen LogP contribution in [-0.4, -0.2) is 71.9 Å². The van der Waals surface area contributed by atoms with Crippen molar-refractivity contribution in [1.29, 1.82) is 0 Å². The van der Waals surface area contributed by atoms with Crippen molar-refractivity contribution < 1.29 is 28.6 Å². The van der Waals surface area contributed by atoms with Gasteiger partial charge in [0.2, 0.25) is 17.7 Å². The van der Waals surface area contributed by atoms with Crippen molar-refractivity contribution in [2.45, 2.75) is 66.9 Å². The minimum Gasteiger partial charge on any atom is -0.486 e. The van der Waals surface area contributed by atoms with E-state index in [0.717, 1.165) is 37.0 Å². The van der Waals surface area contributed by atoms with Gasteiger partial charge in [-0.05, 0) is 49.4 Å². The fraction of sp³-hybridized carbons (Fsp3) is 0.469. The Morgan fingerprint density at radius 1 is 1.05 bits per heavy atom. The number of para-hydroxylation sites is 2. The van der Waals surface area contributed by atoms with Gasteiger partial charge in [0.25, 0.3) is 0 Å². The van der Waals surface area contributed by atoms with E-state index < -0.39 is 35.7 Å². The summed E-state index contributed by atoms with van der Waals surface area (Å²) >= 11 is 1.58. The van der Waals surface area contributed by atoms with Gasteiger partial charge in [0.05, 0.1) is 24.5 Å². The van der Waals surface area contributed by atoms with Gasteiger partial charge in [0.15, 0.2) is 17.6 Å². The van der Waals surface area contributed by atoms with Crippen molar-refractivity contribution in [3.8, 4) is 11.5 Å². The van der Waals surface area contributed by atoms with Crippen LogP contribution in [-0.2, 0) is 19.1 Å². The average molecular weight is 590 g/mol. The van der Waals surface area contributed by atoms with Crippen LogP contribution in [0.1, 0.15) is 32.1 Å². The van der Waals surface area contributed by atoms with Gasteiger partial charge >= 0.3 is 0 Å². The maximum Gasteiger partial charge on any atom is 0.246 e. The number of ether oxygens (including phenoxy) is 3. The van der Waals surface area contributed by atoms with E-state index >= 15 is 0 Å². The van der Waals surface area contributed by atoms with E-state index in [2.05, 4.69) is 10.6 Å². The fourth-order valence-electron chi connectivity index (χ4n) is 7.29. The largest absolute Gasteiger partial charge is 0.486 e. The lowest BCUT2D eigenvalue weighted by Gasteiger charge is -2.36. The van der Waals surface area contributed by atoms with E-state index in [-0.39, 0.29) is 36.9 Å². The Labute approximate surface area is 249 Å². The number of amides is 3. The van der Waals surface area contributed by atoms with E-state index in [0.29, 0.717) is 17.2 Å². The summed E-state index contributed by atoms with van der Waals surface area (Å²) < 4.78 is 18.6. The molecule has 6 atom stereocenters. The monoisotopic (exact) mass is 589 g/mol. The van der Waals surface area contributed by atoms with E-state index in [1.54, 1.807) is 16.7 Å². The molecule has 4 aliphatic heterocycles. The Kier molecular flexibility index (Phi) is 7.14. The Morgan fingerprint density at radius 2 is 1.86 bits per heavy atom. The SMILES string of the molecule is CSc1cccc(NC(=O)[C@H]2[C@H]3C=C[C@]4(O3)[C@H](C(=O)NC3CCCCC3)N(C[C@@H]3COc5ccccc5O3)C(=O)[C@@H]24)c1.